The van der Waals surface area contributed by atoms with Crippen LogP contribution >= 0.6 is 11.3 Å². The van der Waals surface area contributed by atoms with Crippen molar-refractivity contribution in [1.29, 1.82) is 0 Å². The highest BCUT2D eigenvalue weighted by atomic mass is 32.1. The normalized spacial score (nSPS) is 17.3. The molecule has 3 heterocycles. The number of aromatic nitrogens is 3. The number of nitrogens with one attached hydrogen (secondary N) is 1. The molecule has 6 nitrogen and oxygen atoms in total. The molecule has 2 aromatic heterocycles. The summed E-state index contributed by atoms with van der Waals surface area (Å²) in [6, 6.07) is 9.91. The molecule has 0 bridgehead atoms. The Bertz CT molecular complexity index is 930. The molecule has 1 atom stereocenters. The number of amides is 1. The van der Waals surface area contributed by atoms with Crippen LogP contribution in [0.4, 0.5) is 5.13 Å². The van der Waals surface area contributed by atoms with Gasteiger partial charge in [0.15, 0.2) is 5.13 Å². The van der Waals surface area contributed by atoms with E-state index in [0.717, 1.165) is 37.2 Å². The molecule has 7 heteroatoms. The number of nitrogens with zero attached hydrogens (tertiary/aromatic N) is 4. The predicted molar refractivity (Wildman–Crippen MR) is 107 cm³/mol. The Hall–Kier alpha value is -2.51. The third kappa shape index (κ3) is 3.94. The van der Waals surface area contributed by atoms with Gasteiger partial charge in [0.05, 0.1) is 17.4 Å². The largest absolute Gasteiger partial charge is 0.298 e. The number of hydrogen-bond acceptors (Lipinski definition) is 5. The molecule has 0 radical (unpaired) electrons. The Balaban J connectivity index is 1.44. The van der Waals surface area contributed by atoms with Crippen molar-refractivity contribution in [3.8, 4) is 0 Å². The molecular weight excluding hydrogens is 358 g/mol. The number of likely N-dealkylation sites (tertiary alicyclic amines) is 1. The summed E-state index contributed by atoms with van der Waals surface area (Å²) in [6.45, 7) is 3.93. The van der Waals surface area contributed by atoms with Gasteiger partial charge in [0.1, 0.15) is 0 Å². The molecular formula is C20H23N5OS. The number of hydrogen-bond donors (Lipinski definition) is 1. The molecule has 1 unspecified atom stereocenters. The van der Waals surface area contributed by atoms with Gasteiger partial charge >= 0.3 is 0 Å². The molecule has 1 aliphatic heterocycles. The van der Waals surface area contributed by atoms with Gasteiger partial charge in [0.2, 0.25) is 0 Å². The SMILES string of the molecule is Cc1ccc(C(=O)Nc2nc(C3CCCN3Cc3ccnn3C)cs2)cc1. The van der Waals surface area contributed by atoms with E-state index < -0.39 is 0 Å². The van der Waals surface area contributed by atoms with Crippen LogP contribution in [0.1, 0.15) is 46.2 Å². The zero-order valence-corrected chi connectivity index (χ0v) is 16.4. The molecule has 27 heavy (non-hydrogen) atoms. The number of carbonyl (C=O) groups is 1. The molecule has 1 fully saturated rings. The van der Waals surface area contributed by atoms with E-state index in [0.29, 0.717) is 16.7 Å². The molecule has 1 aromatic carbocycles. The highest BCUT2D eigenvalue weighted by Gasteiger charge is 2.28. The summed E-state index contributed by atoms with van der Waals surface area (Å²) in [6.07, 6.45) is 4.08. The smallest absolute Gasteiger partial charge is 0.257 e. The second-order valence-corrected chi connectivity index (χ2v) is 7.83. The maximum absolute atomic E-state index is 12.4. The zero-order chi connectivity index (χ0) is 18.8. The van der Waals surface area contributed by atoms with E-state index in [9.17, 15) is 4.79 Å². The van der Waals surface area contributed by atoms with Crippen LogP contribution in [-0.4, -0.2) is 32.1 Å². The Morgan fingerprint density at radius 1 is 1.30 bits per heavy atom. The van der Waals surface area contributed by atoms with Crippen LogP contribution in [0.5, 0.6) is 0 Å². The van der Waals surface area contributed by atoms with Gasteiger partial charge in [0, 0.05) is 30.7 Å². The van der Waals surface area contributed by atoms with Crippen molar-refractivity contribution < 1.29 is 4.79 Å². The van der Waals surface area contributed by atoms with E-state index in [-0.39, 0.29) is 5.91 Å². The van der Waals surface area contributed by atoms with Crippen LogP contribution in [0, 0.1) is 6.92 Å². The average molecular weight is 382 g/mol. The van der Waals surface area contributed by atoms with Crippen molar-refractivity contribution in [2.75, 3.05) is 11.9 Å². The second-order valence-electron chi connectivity index (χ2n) is 6.97. The number of carbonyl (C=O) groups excluding carboxylic acids is 1. The Labute approximate surface area is 162 Å². The van der Waals surface area contributed by atoms with Crippen molar-refractivity contribution in [2.45, 2.75) is 32.4 Å². The van der Waals surface area contributed by atoms with Gasteiger partial charge < -0.3 is 0 Å². The van der Waals surface area contributed by atoms with Crippen LogP contribution in [-0.2, 0) is 13.6 Å². The summed E-state index contributed by atoms with van der Waals surface area (Å²) in [5.74, 6) is -0.117. The van der Waals surface area contributed by atoms with Crippen LogP contribution in [0.3, 0.4) is 0 Å². The molecule has 3 aromatic rings. The Kier molecular flexibility index (Phi) is 5.05. The van der Waals surface area contributed by atoms with E-state index in [2.05, 4.69) is 26.8 Å². The molecule has 1 aliphatic rings. The fraction of sp³-hybridized carbons (Fsp3) is 0.350. The molecule has 0 spiro atoms. The van der Waals surface area contributed by atoms with Crippen molar-refractivity contribution in [2.24, 2.45) is 7.05 Å². The van der Waals surface area contributed by atoms with E-state index in [1.807, 2.05) is 49.1 Å². The number of anilines is 1. The van der Waals surface area contributed by atoms with Crippen LogP contribution < -0.4 is 5.32 Å². The molecule has 1 amide bonds. The number of aryl methyl sites for hydroxylation is 2. The molecule has 4 rings (SSSR count). The van der Waals surface area contributed by atoms with Gasteiger partial charge in [-0.2, -0.15) is 5.10 Å². The lowest BCUT2D eigenvalue weighted by Crippen LogP contribution is -2.24. The fourth-order valence-electron chi connectivity index (χ4n) is 3.49. The lowest BCUT2D eigenvalue weighted by Gasteiger charge is -2.22. The summed E-state index contributed by atoms with van der Waals surface area (Å²) in [4.78, 5) is 19.5. The summed E-state index contributed by atoms with van der Waals surface area (Å²) in [5.41, 5.74) is 4.03. The Morgan fingerprint density at radius 3 is 2.85 bits per heavy atom. The van der Waals surface area contributed by atoms with E-state index in [4.69, 9.17) is 4.98 Å². The van der Waals surface area contributed by atoms with Crippen LogP contribution in [0.25, 0.3) is 0 Å². The lowest BCUT2D eigenvalue weighted by atomic mass is 10.1. The first-order valence-electron chi connectivity index (χ1n) is 9.14. The van der Waals surface area contributed by atoms with Gasteiger partial charge in [0.25, 0.3) is 5.91 Å². The van der Waals surface area contributed by atoms with Crippen molar-refractivity contribution in [3.05, 3.63) is 64.4 Å². The maximum Gasteiger partial charge on any atom is 0.257 e. The Morgan fingerprint density at radius 2 is 2.11 bits per heavy atom. The van der Waals surface area contributed by atoms with E-state index in [1.165, 1.54) is 17.0 Å². The zero-order valence-electron chi connectivity index (χ0n) is 15.6. The van der Waals surface area contributed by atoms with Crippen molar-refractivity contribution in [3.63, 3.8) is 0 Å². The minimum Gasteiger partial charge on any atom is -0.298 e. The summed E-state index contributed by atoms with van der Waals surface area (Å²) < 4.78 is 1.92. The first kappa shape index (κ1) is 17.9. The van der Waals surface area contributed by atoms with Crippen LogP contribution in [0.2, 0.25) is 0 Å². The fourth-order valence-corrected chi connectivity index (χ4v) is 4.24. The van der Waals surface area contributed by atoms with Gasteiger partial charge in [-0.1, -0.05) is 17.7 Å². The van der Waals surface area contributed by atoms with Gasteiger partial charge in [-0.25, -0.2) is 4.98 Å². The molecule has 0 saturated carbocycles. The van der Waals surface area contributed by atoms with Gasteiger partial charge in [-0.3, -0.25) is 19.7 Å². The second kappa shape index (κ2) is 7.62. The third-order valence-electron chi connectivity index (χ3n) is 5.05. The monoisotopic (exact) mass is 381 g/mol. The van der Waals surface area contributed by atoms with E-state index in [1.54, 1.807) is 0 Å². The van der Waals surface area contributed by atoms with Crippen molar-refractivity contribution in [1.82, 2.24) is 19.7 Å². The predicted octanol–water partition coefficient (Wildman–Crippen LogP) is 3.77. The molecule has 1 saturated heterocycles. The number of rotatable bonds is 5. The number of benzene rings is 1. The van der Waals surface area contributed by atoms with E-state index >= 15 is 0 Å². The minimum atomic E-state index is -0.117. The summed E-state index contributed by atoms with van der Waals surface area (Å²) in [7, 11) is 1.97. The van der Waals surface area contributed by atoms with Gasteiger partial charge in [-0.05, 0) is 44.5 Å². The highest BCUT2D eigenvalue weighted by Crippen LogP contribution is 2.34. The molecule has 0 aliphatic carbocycles. The summed E-state index contributed by atoms with van der Waals surface area (Å²) >= 11 is 1.49. The average Bonchev–Trinajstić information content (AvgIpc) is 3.38. The first-order valence-corrected chi connectivity index (χ1v) is 10.0. The van der Waals surface area contributed by atoms with Gasteiger partial charge in [-0.15, -0.1) is 11.3 Å². The lowest BCUT2D eigenvalue weighted by molar-refractivity contribution is 0.102. The third-order valence-corrected chi connectivity index (χ3v) is 5.82. The minimum absolute atomic E-state index is 0.117. The number of thiazole rings is 1. The first-order chi connectivity index (χ1) is 13.1. The highest BCUT2D eigenvalue weighted by molar-refractivity contribution is 7.14. The quantitative estimate of drug-likeness (QED) is 0.731. The topological polar surface area (TPSA) is 63.1 Å². The molecule has 140 valence electrons. The van der Waals surface area contributed by atoms with Crippen molar-refractivity contribution >= 4 is 22.4 Å². The standard InChI is InChI=1S/C20H23N5OS/c1-14-5-7-15(8-6-14)19(26)23-20-22-17(13-27-20)18-4-3-11-25(18)12-16-9-10-21-24(16)2/h5-10,13,18H,3-4,11-12H2,1-2H3,(H,22,23,26). The summed E-state index contributed by atoms with van der Waals surface area (Å²) in [5, 5.41) is 9.91. The van der Waals surface area contributed by atoms with Crippen LogP contribution in [0.15, 0.2) is 41.9 Å². The molecule has 1 N–H and O–H groups in total. The maximum atomic E-state index is 12.4.